The molecule has 3 rings (SSSR count). The molecule has 0 aliphatic rings. The molecule has 0 spiro atoms. The highest BCUT2D eigenvalue weighted by Crippen LogP contribution is 2.22. The van der Waals surface area contributed by atoms with Crippen molar-refractivity contribution in [3.8, 4) is 0 Å². The summed E-state index contributed by atoms with van der Waals surface area (Å²) in [4.78, 5) is 22.2. The van der Waals surface area contributed by atoms with Gasteiger partial charge >= 0.3 is 0 Å². The van der Waals surface area contributed by atoms with Crippen molar-refractivity contribution in [1.29, 1.82) is 0 Å². The predicted molar refractivity (Wildman–Crippen MR) is 110 cm³/mol. The normalized spacial score (nSPS) is 10.8. The van der Waals surface area contributed by atoms with Crippen molar-refractivity contribution < 1.29 is 4.79 Å². The molecular weight excluding hydrogens is 467 g/mol. The van der Waals surface area contributed by atoms with E-state index < -0.39 is 0 Å². The summed E-state index contributed by atoms with van der Waals surface area (Å²) in [5, 5.41) is 5.85. The minimum atomic E-state index is -0.153. The molecule has 7 nitrogen and oxygen atoms in total. The Labute approximate surface area is 169 Å². The molecule has 2 aromatic heterocycles. The first-order valence-corrected chi connectivity index (χ1v) is 9.23. The average molecular weight is 483 g/mol. The highest BCUT2D eigenvalue weighted by Gasteiger charge is 2.16. The van der Waals surface area contributed by atoms with Crippen molar-refractivity contribution in [2.24, 2.45) is 0 Å². The Balaban J connectivity index is 1.80. The molecule has 0 aliphatic carbocycles. The number of halogens is 2. The van der Waals surface area contributed by atoms with Gasteiger partial charge in [-0.15, -0.1) is 0 Å². The fraction of sp³-hybridized carbons (Fsp3) is 0.176. The maximum absolute atomic E-state index is 12.2. The first-order valence-electron chi connectivity index (χ1n) is 7.78. The van der Waals surface area contributed by atoms with Crippen LogP contribution in [-0.2, 0) is 17.9 Å². The molecule has 3 aromatic rings. The SMILES string of the molecule is C=CC(=O)N(CCn1nc(I)c2c(N)ncnc21)Cc1ccc(Cl)cc1. The van der Waals surface area contributed by atoms with Gasteiger partial charge < -0.3 is 10.6 Å². The Morgan fingerprint density at radius 1 is 1.35 bits per heavy atom. The number of carbonyl (C=O) groups is 1. The lowest BCUT2D eigenvalue weighted by atomic mass is 10.2. The number of nitrogens with two attached hydrogens (primary N) is 1. The van der Waals surface area contributed by atoms with Crippen LogP contribution in [0.4, 0.5) is 5.82 Å². The maximum Gasteiger partial charge on any atom is 0.246 e. The van der Waals surface area contributed by atoms with Crippen LogP contribution < -0.4 is 5.73 Å². The van der Waals surface area contributed by atoms with Crippen LogP contribution in [0.3, 0.4) is 0 Å². The molecule has 26 heavy (non-hydrogen) atoms. The molecule has 9 heteroatoms. The van der Waals surface area contributed by atoms with E-state index in [1.807, 2.05) is 12.1 Å². The van der Waals surface area contributed by atoms with Crippen LogP contribution in [0.15, 0.2) is 43.2 Å². The lowest BCUT2D eigenvalue weighted by Gasteiger charge is -2.21. The average Bonchev–Trinajstić information content (AvgIpc) is 2.96. The summed E-state index contributed by atoms with van der Waals surface area (Å²) in [6.07, 6.45) is 2.72. The summed E-state index contributed by atoms with van der Waals surface area (Å²) < 4.78 is 2.47. The molecule has 0 unspecified atom stereocenters. The lowest BCUT2D eigenvalue weighted by molar-refractivity contribution is -0.126. The van der Waals surface area contributed by atoms with Crippen LogP contribution in [0, 0.1) is 3.70 Å². The quantitative estimate of drug-likeness (QED) is 0.431. The Morgan fingerprint density at radius 3 is 2.77 bits per heavy atom. The fourth-order valence-corrected chi connectivity index (χ4v) is 3.47. The summed E-state index contributed by atoms with van der Waals surface area (Å²) >= 11 is 8.02. The molecular formula is C17H16ClIN6O. The first-order chi connectivity index (χ1) is 12.5. The lowest BCUT2D eigenvalue weighted by Crippen LogP contribution is -2.32. The summed E-state index contributed by atoms with van der Waals surface area (Å²) in [6.45, 7) is 4.96. The zero-order valence-corrected chi connectivity index (χ0v) is 16.7. The Bertz CT molecular complexity index is 956. The van der Waals surface area contributed by atoms with Gasteiger partial charge in [0.15, 0.2) is 5.65 Å². The van der Waals surface area contributed by atoms with Gasteiger partial charge in [-0.1, -0.05) is 30.3 Å². The van der Waals surface area contributed by atoms with Crippen molar-refractivity contribution in [1.82, 2.24) is 24.6 Å². The topological polar surface area (TPSA) is 89.9 Å². The number of hydrogen-bond donors (Lipinski definition) is 1. The Hall–Kier alpha value is -2.20. The van der Waals surface area contributed by atoms with E-state index >= 15 is 0 Å². The van der Waals surface area contributed by atoms with Crippen molar-refractivity contribution in [3.63, 3.8) is 0 Å². The standard InChI is InChI=1S/C17H16ClIN6O/c1-2-13(26)24(9-11-3-5-12(18)6-4-11)7-8-25-17-14(15(19)23-25)16(20)21-10-22-17/h2-6,10H,1,7-9H2,(H2,20,21,22). The second-order valence-electron chi connectivity index (χ2n) is 5.56. The smallest absolute Gasteiger partial charge is 0.246 e. The number of amides is 1. The Morgan fingerprint density at radius 2 is 2.08 bits per heavy atom. The summed E-state index contributed by atoms with van der Waals surface area (Å²) in [6, 6.07) is 7.39. The van der Waals surface area contributed by atoms with Gasteiger partial charge in [-0.05, 0) is 46.4 Å². The number of nitrogens with zero attached hydrogens (tertiary/aromatic N) is 5. The largest absolute Gasteiger partial charge is 0.383 e. The van der Waals surface area contributed by atoms with E-state index in [2.05, 4.69) is 44.2 Å². The fourth-order valence-electron chi connectivity index (χ4n) is 2.56. The highest BCUT2D eigenvalue weighted by molar-refractivity contribution is 14.1. The van der Waals surface area contributed by atoms with Crippen LogP contribution in [0.2, 0.25) is 5.02 Å². The molecule has 1 aromatic carbocycles. The number of hydrogen-bond acceptors (Lipinski definition) is 5. The van der Waals surface area contributed by atoms with Crippen molar-refractivity contribution in [2.75, 3.05) is 12.3 Å². The number of rotatable bonds is 6. The predicted octanol–water partition coefficient (Wildman–Crippen LogP) is 2.88. The van der Waals surface area contributed by atoms with Gasteiger partial charge in [0.05, 0.1) is 11.9 Å². The second-order valence-corrected chi connectivity index (χ2v) is 7.02. The third kappa shape index (κ3) is 3.96. The van der Waals surface area contributed by atoms with Gasteiger partial charge in [-0.3, -0.25) is 4.79 Å². The molecule has 0 atom stereocenters. The van der Waals surface area contributed by atoms with Crippen LogP contribution in [-0.4, -0.2) is 37.1 Å². The van der Waals surface area contributed by atoms with Gasteiger partial charge in [-0.2, -0.15) is 5.10 Å². The van der Waals surface area contributed by atoms with E-state index in [1.165, 1.54) is 12.4 Å². The summed E-state index contributed by atoms with van der Waals surface area (Å²) in [5.74, 6) is 0.242. The first kappa shape index (κ1) is 18.6. The summed E-state index contributed by atoms with van der Waals surface area (Å²) in [7, 11) is 0. The molecule has 0 saturated heterocycles. The van der Waals surface area contributed by atoms with Gasteiger partial charge in [0.2, 0.25) is 5.91 Å². The van der Waals surface area contributed by atoms with Crippen LogP contribution in [0.1, 0.15) is 5.56 Å². The number of nitrogen functional groups attached to an aromatic ring is 1. The third-order valence-electron chi connectivity index (χ3n) is 3.87. The summed E-state index contributed by atoms with van der Waals surface area (Å²) in [5.41, 5.74) is 7.55. The van der Waals surface area contributed by atoms with Crippen molar-refractivity contribution in [2.45, 2.75) is 13.1 Å². The van der Waals surface area contributed by atoms with Crippen molar-refractivity contribution >= 4 is 57.0 Å². The minimum absolute atomic E-state index is 0.153. The molecule has 2 heterocycles. The zero-order chi connectivity index (χ0) is 18.7. The Kier molecular flexibility index (Phi) is 5.72. The van der Waals surface area contributed by atoms with Crippen LogP contribution in [0.5, 0.6) is 0 Å². The van der Waals surface area contributed by atoms with Gasteiger partial charge in [-0.25, -0.2) is 14.6 Å². The van der Waals surface area contributed by atoms with Gasteiger partial charge in [0.1, 0.15) is 15.8 Å². The number of carbonyl (C=O) groups excluding carboxylic acids is 1. The van der Waals surface area contributed by atoms with Gasteiger partial charge in [0.25, 0.3) is 0 Å². The van der Waals surface area contributed by atoms with E-state index in [4.69, 9.17) is 17.3 Å². The molecule has 0 aliphatic heterocycles. The molecule has 2 N–H and O–H groups in total. The van der Waals surface area contributed by atoms with Crippen LogP contribution >= 0.6 is 34.2 Å². The minimum Gasteiger partial charge on any atom is -0.383 e. The van der Waals surface area contributed by atoms with Crippen LogP contribution in [0.25, 0.3) is 11.0 Å². The number of anilines is 1. The molecule has 1 amide bonds. The van der Waals surface area contributed by atoms with E-state index in [9.17, 15) is 4.79 Å². The third-order valence-corrected chi connectivity index (χ3v) is 4.88. The van der Waals surface area contributed by atoms with E-state index in [0.29, 0.717) is 36.1 Å². The molecule has 0 fully saturated rings. The zero-order valence-electron chi connectivity index (χ0n) is 13.8. The van der Waals surface area contributed by atoms with E-state index in [-0.39, 0.29) is 5.91 Å². The molecule has 134 valence electrons. The van der Waals surface area contributed by atoms with E-state index in [0.717, 1.165) is 14.7 Å². The highest BCUT2D eigenvalue weighted by atomic mass is 127. The van der Waals surface area contributed by atoms with Crippen molar-refractivity contribution in [3.05, 3.63) is 57.5 Å². The van der Waals surface area contributed by atoms with E-state index in [1.54, 1.807) is 21.7 Å². The molecule has 0 saturated carbocycles. The molecule has 0 bridgehead atoms. The second kappa shape index (κ2) is 8.00. The number of benzene rings is 1. The number of aromatic nitrogens is 4. The van der Waals surface area contributed by atoms with Gasteiger partial charge in [0, 0.05) is 18.1 Å². The molecule has 0 radical (unpaired) electrons. The maximum atomic E-state index is 12.2. The monoisotopic (exact) mass is 482 g/mol. The number of fused-ring (bicyclic) bond motifs is 1.